The number of hydrogen-bond donors (Lipinski definition) is 1. The van der Waals surface area contributed by atoms with Gasteiger partial charge in [-0.15, -0.1) is 0 Å². The number of aromatic nitrogens is 1. The molecule has 3 heterocycles. The number of carbonyl (C=O) groups excluding carboxylic acids is 1. The van der Waals surface area contributed by atoms with Crippen LogP contribution in [-0.4, -0.2) is 54.4 Å². The van der Waals surface area contributed by atoms with E-state index in [1.807, 2.05) is 0 Å². The molecule has 1 N–H and O–H groups in total. The number of halogens is 2. The maximum Gasteiger partial charge on any atom is 0.379 e. The number of hydrogen-bond acceptors (Lipinski definition) is 8. The molecule has 12 heteroatoms. The third-order valence-corrected chi connectivity index (χ3v) is 8.04. The first kappa shape index (κ1) is 25.5. The van der Waals surface area contributed by atoms with E-state index in [1.54, 1.807) is 63.5 Å². The summed E-state index contributed by atoms with van der Waals surface area (Å²) in [6.45, 7) is 3.95. The maximum absolute atomic E-state index is 13.1. The lowest BCUT2D eigenvalue weighted by Crippen LogP contribution is -2.47. The quantitative estimate of drug-likeness (QED) is 0.518. The van der Waals surface area contributed by atoms with Crippen LogP contribution in [-0.2, 0) is 18.4 Å². The van der Waals surface area contributed by atoms with Gasteiger partial charge in [0.2, 0.25) is 5.96 Å². The zero-order chi connectivity index (χ0) is 25.2. The molecule has 2 aliphatic rings. The van der Waals surface area contributed by atoms with Gasteiger partial charge in [0.1, 0.15) is 6.17 Å². The van der Waals surface area contributed by atoms with Crippen LogP contribution in [0.1, 0.15) is 19.4 Å². The van der Waals surface area contributed by atoms with Crippen molar-refractivity contribution >= 4 is 65.6 Å². The van der Waals surface area contributed by atoms with Crippen molar-refractivity contribution in [1.29, 1.82) is 0 Å². The van der Waals surface area contributed by atoms with Gasteiger partial charge in [0.05, 0.1) is 41.1 Å². The third-order valence-electron chi connectivity index (χ3n) is 5.39. The first-order chi connectivity index (χ1) is 16.8. The molecule has 4 rings (SSSR count). The molecular weight excluding hydrogens is 512 g/mol. The predicted octanol–water partition coefficient (Wildman–Crippen LogP) is 4.63. The highest BCUT2D eigenvalue weighted by Crippen LogP contribution is 2.46. The zero-order valence-electron chi connectivity index (χ0n) is 19.3. The maximum atomic E-state index is 13.1. The van der Waals surface area contributed by atoms with Gasteiger partial charge in [-0.05, 0) is 38.1 Å². The monoisotopic (exact) mass is 535 g/mol. The van der Waals surface area contributed by atoms with Crippen LogP contribution < -0.4 is 10.8 Å². The minimum atomic E-state index is -3.48. The van der Waals surface area contributed by atoms with Crippen LogP contribution in [0.4, 0.5) is 5.69 Å². The van der Waals surface area contributed by atoms with Crippen LogP contribution in [0.3, 0.4) is 0 Å². The number of rotatable bonds is 7. The number of pyridine rings is 1. The summed E-state index contributed by atoms with van der Waals surface area (Å²) in [5, 5.41) is 3.87. The first-order valence-electron chi connectivity index (χ1n) is 11.0. The van der Waals surface area contributed by atoms with Crippen LogP contribution in [0.15, 0.2) is 52.6 Å². The summed E-state index contributed by atoms with van der Waals surface area (Å²) in [6, 6.07) is 8.37. The predicted molar refractivity (Wildman–Crippen MR) is 139 cm³/mol. The van der Waals surface area contributed by atoms with Crippen molar-refractivity contribution in [3.05, 3.63) is 58.2 Å². The van der Waals surface area contributed by atoms with E-state index in [0.29, 0.717) is 32.8 Å². The Kier molecular flexibility index (Phi) is 7.73. The molecule has 2 aliphatic heterocycles. The van der Waals surface area contributed by atoms with E-state index in [9.17, 15) is 9.36 Å². The van der Waals surface area contributed by atoms with Crippen LogP contribution in [0, 0.1) is 5.92 Å². The van der Waals surface area contributed by atoms with E-state index >= 15 is 0 Å². The Balaban J connectivity index is 1.54. The van der Waals surface area contributed by atoms with E-state index in [-0.39, 0.29) is 30.5 Å². The molecule has 35 heavy (non-hydrogen) atoms. The fourth-order valence-corrected chi connectivity index (χ4v) is 5.87. The van der Waals surface area contributed by atoms with Gasteiger partial charge in [-0.3, -0.25) is 9.36 Å². The Bertz CT molecular complexity index is 1230. The summed E-state index contributed by atoms with van der Waals surface area (Å²) in [6.07, 6.45) is 4.51. The van der Waals surface area contributed by atoms with Crippen LogP contribution in [0.5, 0.6) is 0 Å². The summed E-state index contributed by atoms with van der Waals surface area (Å²) in [4.78, 5) is 27.9. The highest BCUT2D eigenvalue weighted by Gasteiger charge is 2.37. The Morgan fingerprint density at radius 2 is 1.80 bits per heavy atom. The van der Waals surface area contributed by atoms with Gasteiger partial charge in [-0.1, -0.05) is 35.3 Å². The molecule has 0 saturated carbocycles. The van der Waals surface area contributed by atoms with Crippen LogP contribution >= 0.6 is 30.8 Å². The SMILES string of the molecule is CCOP(=O)(OCC)c1ccc(NC2=NC3C(C=N2)C=C(c2c(Cl)cccc2Cl)C(=O)N3C)cn1. The summed E-state index contributed by atoms with van der Waals surface area (Å²) >= 11 is 12.7. The highest BCUT2D eigenvalue weighted by atomic mass is 35.5. The summed E-state index contributed by atoms with van der Waals surface area (Å²) in [5.74, 6) is -0.187. The average molecular weight is 536 g/mol. The average Bonchev–Trinajstić information content (AvgIpc) is 2.83. The number of guanidine groups is 1. The molecule has 0 fully saturated rings. The minimum absolute atomic E-state index is 0.217. The molecule has 0 bridgehead atoms. The number of carbonyl (C=O) groups is 1. The molecule has 1 amide bonds. The van der Waals surface area contributed by atoms with Crippen LogP contribution in [0.25, 0.3) is 5.57 Å². The minimum Gasteiger partial charge on any atom is -0.323 e. The molecule has 1 aromatic heterocycles. The second kappa shape index (κ2) is 10.6. The molecule has 0 aliphatic carbocycles. The molecule has 9 nitrogen and oxygen atoms in total. The Morgan fingerprint density at radius 1 is 1.11 bits per heavy atom. The number of nitrogens with one attached hydrogen (secondary N) is 1. The fraction of sp³-hybridized carbons (Fsp3) is 0.304. The Hall–Kier alpha value is -2.55. The second-order valence-corrected chi connectivity index (χ2v) is 10.5. The van der Waals surface area contributed by atoms with Crippen molar-refractivity contribution in [3.63, 3.8) is 0 Å². The zero-order valence-corrected chi connectivity index (χ0v) is 21.7. The highest BCUT2D eigenvalue weighted by molar-refractivity contribution is 7.61. The Morgan fingerprint density at radius 3 is 2.40 bits per heavy atom. The number of anilines is 1. The topological polar surface area (TPSA) is 105 Å². The van der Waals surface area contributed by atoms with Gasteiger partial charge in [-0.25, -0.2) is 15.0 Å². The molecular formula is C23H24Cl2N5O4P. The van der Waals surface area contributed by atoms with Gasteiger partial charge in [0.25, 0.3) is 5.91 Å². The third kappa shape index (κ3) is 5.20. The van der Waals surface area contributed by atoms with E-state index in [4.69, 9.17) is 32.2 Å². The van der Waals surface area contributed by atoms with Crippen molar-refractivity contribution < 1.29 is 18.4 Å². The second-order valence-electron chi connectivity index (χ2n) is 7.68. The fourth-order valence-electron chi connectivity index (χ4n) is 3.80. The smallest absolute Gasteiger partial charge is 0.323 e. The standard InChI is InChI=1S/C23H24Cl2N5O4P/c1-4-33-35(32,34-5-2)19-10-9-15(13-26-19)28-23-27-12-14-11-16(22(31)30(3)21(14)29-23)20-17(24)7-6-8-18(20)25/h6-14,21H,4-5H2,1-3H3,(H,28,29). The van der Waals surface area contributed by atoms with Gasteiger partial charge in [0, 0.05) is 24.4 Å². The van der Waals surface area contributed by atoms with E-state index in [1.165, 1.54) is 11.1 Å². The van der Waals surface area contributed by atoms with Crippen molar-refractivity contribution in [2.45, 2.75) is 20.0 Å². The number of fused-ring (bicyclic) bond motifs is 1. The lowest BCUT2D eigenvalue weighted by Gasteiger charge is -2.36. The van der Waals surface area contributed by atoms with Crippen molar-refractivity contribution in [3.8, 4) is 0 Å². The molecule has 1 aromatic carbocycles. The molecule has 0 spiro atoms. The number of likely N-dealkylation sites (N-methyl/N-ethyl adjacent to an activating group) is 1. The number of aliphatic imine (C=N–C) groups is 2. The van der Waals surface area contributed by atoms with E-state index in [0.717, 1.165) is 0 Å². The number of amides is 1. The largest absolute Gasteiger partial charge is 0.379 e. The van der Waals surface area contributed by atoms with Gasteiger partial charge < -0.3 is 19.3 Å². The van der Waals surface area contributed by atoms with Crippen molar-refractivity contribution in [2.24, 2.45) is 15.9 Å². The molecule has 2 atom stereocenters. The van der Waals surface area contributed by atoms with E-state index < -0.39 is 13.8 Å². The van der Waals surface area contributed by atoms with Gasteiger partial charge >= 0.3 is 7.60 Å². The molecule has 184 valence electrons. The normalized spacial score (nSPS) is 19.8. The molecule has 2 aromatic rings. The summed E-state index contributed by atoms with van der Waals surface area (Å²) in [5.41, 5.74) is 1.70. The summed E-state index contributed by atoms with van der Waals surface area (Å²) in [7, 11) is -1.80. The lowest BCUT2D eigenvalue weighted by molar-refractivity contribution is -0.126. The molecule has 0 saturated heterocycles. The van der Waals surface area contributed by atoms with Gasteiger partial charge in [0.15, 0.2) is 5.44 Å². The molecule has 0 radical (unpaired) electrons. The lowest BCUT2D eigenvalue weighted by atomic mass is 9.92. The van der Waals surface area contributed by atoms with E-state index in [2.05, 4.69) is 20.3 Å². The van der Waals surface area contributed by atoms with Crippen molar-refractivity contribution in [2.75, 3.05) is 25.6 Å². The summed E-state index contributed by atoms with van der Waals surface area (Å²) < 4.78 is 23.5. The first-order valence-corrected chi connectivity index (χ1v) is 13.3. The number of benzene rings is 1. The Labute approximate surface area is 213 Å². The van der Waals surface area contributed by atoms with Crippen molar-refractivity contribution in [1.82, 2.24) is 9.88 Å². The van der Waals surface area contributed by atoms with Gasteiger partial charge in [-0.2, -0.15) is 0 Å². The number of nitrogens with zero attached hydrogens (tertiary/aromatic N) is 4. The molecule has 2 unspecified atom stereocenters. The van der Waals surface area contributed by atoms with Crippen LogP contribution in [0.2, 0.25) is 10.0 Å².